The van der Waals surface area contributed by atoms with Gasteiger partial charge in [-0.1, -0.05) is 0 Å². The summed E-state index contributed by atoms with van der Waals surface area (Å²) in [6.45, 7) is 0. The number of halogens is 3. The number of carboxylic acids is 1. The molecule has 0 amide bonds. The van der Waals surface area contributed by atoms with Crippen molar-refractivity contribution in [1.82, 2.24) is 4.98 Å². The number of nitrogens with zero attached hydrogens (tertiary/aromatic N) is 2. The summed E-state index contributed by atoms with van der Waals surface area (Å²) in [7, 11) is 0. The zero-order valence-corrected chi connectivity index (χ0v) is 7.75. The summed E-state index contributed by atoms with van der Waals surface area (Å²) in [6, 6.07) is 1.83. The van der Waals surface area contributed by atoms with E-state index in [0.29, 0.717) is 6.07 Å². The SMILES string of the molecule is N#Cc1c(C(F)F)cc(F)nc1CC(=O)O. The molecule has 0 unspecified atom stereocenters. The number of hydrogen-bond acceptors (Lipinski definition) is 3. The van der Waals surface area contributed by atoms with Gasteiger partial charge in [-0.2, -0.15) is 9.65 Å². The van der Waals surface area contributed by atoms with E-state index >= 15 is 0 Å². The molecule has 1 aromatic rings. The lowest BCUT2D eigenvalue weighted by atomic mass is 10.1. The van der Waals surface area contributed by atoms with Gasteiger partial charge >= 0.3 is 5.97 Å². The van der Waals surface area contributed by atoms with Gasteiger partial charge in [0.05, 0.1) is 17.7 Å². The van der Waals surface area contributed by atoms with E-state index in [1.54, 1.807) is 0 Å². The smallest absolute Gasteiger partial charge is 0.309 e. The Hall–Kier alpha value is -2.10. The van der Waals surface area contributed by atoms with Gasteiger partial charge in [-0.3, -0.25) is 4.79 Å². The fraction of sp³-hybridized carbons (Fsp3) is 0.222. The maximum Gasteiger partial charge on any atom is 0.309 e. The van der Waals surface area contributed by atoms with Crippen molar-refractivity contribution >= 4 is 5.97 Å². The van der Waals surface area contributed by atoms with Crippen LogP contribution in [0.4, 0.5) is 13.2 Å². The predicted molar refractivity (Wildman–Crippen MR) is 45.2 cm³/mol. The molecule has 1 heterocycles. The van der Waals surface area contributed by atoms with Crippen LogP contribution in [0.25, 0.3) is 0 Å². The second-order valence-electron chi connectivity index (χ2n) is 2.84. The Morgan fingerprint density at radius 3 is 2.69 bits per heavy atom. The third-order valence-corrected chi connectivity index (χ3v) is 1.76. The summed E-state index contributed by atoms with van der Waals surface area (Å²) in [5, 5.41) is 17.1. The number of aliphatic carboxylic acids is 1. The van der Waals surface area contributed by atoms with E-state index in [1.807, 2.05) is 0 Å². The predicted octanol–water partition coefficient (Wildman–Crippen LogP) is 1.66. The molecule has 0 saturated heterocycles. The minimum absolute atomic E-state index is 0.425. The fourth-order valence-corrected chi connectivity index (χ4v) is 1.16. The monoisotopic (exact) mass is 230 g/mol. The molecule has 0 bridgehead atoms. The summed E-state index contributed by atoms with van der Waals surface area (Å²) in [4.78, 5) is 13.5. The first-order valence-electron chi connectivity index (χ1n) is 4.05. The van der Waals surface area contributed by atoms with E-state index in [1.165, 1.54) is 6.07 Å². The molecule has 16 heavy (non-hydrogen) atoms. The van der Waals surface area contributed by atoms with Crippen LogP contribution in [0.2, 0.25) is 0 Å². The lowest BCUT2D eigenvalue weighted by molar-refractivity contribution is -0.136. The molecule has 0 aliphatic rings. The lowest BCUT2D eigenvalue weighted by Gasteiger charge is -2.06. The first-order chi connectivity index (χ1) is 7.45. The highest BCUT2D eigenvalue weighted by Crippen LogP contribution is 2.25. The largest absolute Gasteiger partial charge is 0.481 e. The summed E-state index contributed by atoms with van der Waals surface area (Å²) in [5.41, 5.74) is -1.92. The lowest BCUT2D eigenvalue weighted by Crippen LogP contribution is -2.09. The zero-order chi connectivity index (χ0) is 12.3. The molecule has 1 rings (SSSR count). The number of hydrogen-bond donors (Lipinski definition) is 1. The number of rotatable bonds is 3. The Labute approximate surface area is 88.0 Å². The van der Waals surface area contributed by atoms with E-state index in [2.05, 4.69) is 4.98 Å². The van der Waals surface area contributed by atoms with Crippen LogP contribution in [-0.2, 0) is 11.2 Å². The Balaban J connectivity index is 3.37. The fourth-order valence-electron chi connectivity index (χ4n) is 1.16. The highest BCUT2D eigenvalue weighted by Gasteiger charge is 2.20. The molecule has 7 heteroatoms. The molecular weight excluding hydrogens is 225 g/mol. The Bertz CT molecular complexity index is 469. The summed E-state index contributed by atoms with van der Waals surface area (Å²) >= 11 is 0. The van der Waals surface area contributed by atoms with Gasteiger partial charge in [0.2, 0.25) is 5.95 Å². The van der Waals surface area contributed by atoms with Gasteiger partial charge in [-0.25, -0.2) is 13.8 Å². The van der Waals surface area contributed by atoms with E-state index in [9.17, 15) is 18.0 Å². The molecule has 0 aliphatic carbocycles. The quantitative estimate of drug-likeness (QED) is 0.801. The third-order valence-electron chi connectivity index (χ3n) is 1.76. The van der Waals surface area contributed by atoms with Crippen LogP contribution in [-0.4, -0.2) is 16.1 Å². The van der Waals surface area contributed by atoms with Gasteiger partial charge in [0, 0.05) is 11.6 Å². The number of carboxylic acid groups (broad SMARTS) is 1. The van der Waals surface area contributed by atoms with Crippen LogP contribution in [0.15, 0.2) is 6.07 Å². The first kappa shape index (κ1) is 12.0. The maximum atomic E-state index is 12.8. The summed E-state index contributed by atoms with van der Waals surface area (Å²) < 4.78 is 37.6. The normalized spacial score (nSPS) is 10.2. The maximum absolute atomic E-state index is 12.8. The molecule has 0 fully saturated rings. The summed E-state index contributed by atoms with van der Waals surface area (Å²) in [6.07, 6.45) is -3.83. The molecule has 0 spiro atoms. The van der Waals surface area contributed by atoms with E-state index in [-0.39, 0.29) is 0 Å². The zero-order valence-electron chi connectivity index (χ0n) is 7.75. The Morgan fingerprint density at radius 1 is 1.62 bits per heavy atom. The third kappa shape index (κ3) is 2.48. The minimum Gasteiger partial charge on any atom is -0.481 e. The second kappa shape index (κ2) is 4.61. The van der Waals surface area contributed by atoms with Gasteiger partial charge in [0.25, 0.3) is 6.43 Å². The van der Waals surface area contributed by atoms with Crippen LogP contribution in [0.1, 0.15) is 23.2 Å². The molecule has 0 saturated carbocycles. The van der Waals surface area contributed by atoms with Gasteiger partial charge in [-0.05, 0) is 0 Å². The number of alkyl halides is 2. The van der Waals surface area contributed by atoms with Gasteiger partial charge < -0.3 is 5.11 Å². The van der Waals surface area contributed by atoms with Crippen molar-refractivity contribution in [1.29, 1.82) is 5.26 Å². The van der Waals surface area contributed by atoms with E-state index in [4.69, 9.17) is 10.4 Å². The van der Waals surface area contributed by atoms with Crippen molar-refractivity contribution in [2.75, 3.05) is 0 Å². The van der Waals surface area contributed by atoms with Crippen molar-refractivity contribution in [3.63, 3.8) is 0 Å². The van der Waals surface area contributed by atoms with Crippen LogP contribution >= 0.6 is 0 Å². The molecule has 4 nitrogen and oxygen atoms in total. The van der Waals surface area contributed by atoms with Gasteiger partial charge in [0.15, 0.2) is 0 Å². The van der Waals surface area contributed by atoms with Gasteiger partial charge in [0.1, 0.15) is 6.07 Å². The molecular formula is C9H5F3N2O2. The van der Waals surface area contributed by atoms with Crippen LogP contribution < -0.4 is 0 Å². The average Bonchev–Trinajstić information content (AvgIpc) is 2.15. The molecule has 0 aliphatic heterocycles. The topological polar surface area (TPSA) is 74.0 Å². The average molecular weight is 230 g/mol. The van der Waals surface area contributed by atoms with Crippen LogP contribution in [0.3, 0.4) is 0 Å². The van der Waals surface area contributed by atoms with Crippen molar-refractivity contribution < 1.29 is 23.1 Å². The Kier molecular flexibility index (Phi) is 3.45. The number of pyridine rings is 1. The minimum atomic E-state index is -3.06. The molecule has 0 aromatic carbocycles. The molecule has 0 atom stereocenters. The Morgan fingerprint density at radius 2 is 2.25 bits per heavy atom. The van der Waals surface area contributed by atoms with Crippen LogP contribution in [0.5, 0.6) is 0 Å². The molecule has 0 radical (unpaired) electrons. The number of nitriles is 1. The standard InChI is InChI=1S/C9H5F3N2O2/c10-7-1-4(9(11)12)5(3-13)6(14-7)2-8(15)16/h1,9H,2H2,(H,15,16). The van der Waals surface area contributed by atoms with Crippen molar-refractivity contribution in [2.45, 2.75) is 12.8 Å². The van der Waals surface area contributed by atoms with Gasteiger partial charge in [-0.15, -0.1) is 0 Å². The second-order valence-corrected chi connectivity index (χ2v) is 2.84. The van der Waals surface area contributed by atoms with Crippen molar-refractivity contribution in [2.24, 2.45) is 0 Å². The number of aromatic nitrogens is 1. The first-order valence-corrected chi connectivity index (χ1v) is 4.05. The number of carbonyl (C=O) groups is 1. The van der Waals surface area contributed by atoms with Crippen LogP contribution in [0, 0.1) is 17.3 Å². The van der Waals surface area contributed by atoms with Crippen molar-refractivity contribution in [3.05, 3.63) is 28.8 Å². The van der Waals surface area contributed by atoms with E-state index < -0.39 is 41.6 Å². The highest BCUT2D eigenvalue weighted by molar-refractivity contribution is 5.70. The highest BCUT2D eigenvalue weighted by atomic mass is 19.3. The van der Waals surface area contributed by atoms with Crippen molar-refractivity contribution in [3.8, 4) is 6.07 Å². The molecule has 1 N–H and O–H groups in total. The molecule has 1 aromatic heterocycles. The summed E-state index contributed by atoms with van der Waals surface area (Å²) in [5.74, 6) is -2.61. The van der Waals surface area contributed by atoms with E-state index in [0.717, 1.165) is 0 Å². The molecule has 84 valence electrons.